The Morgan fingerprint density at radius 3 is 2.33 bits per heavy atom. The zero-order valence-corrected chi connectivity index (χ0v) is 10.4. The molecule has 18 heavy (non-hydrogen) atoms. The molecule has 0 aliphatic rings. The summed E-state index contributed by atoms with van der Waals surface area (Å²) >= 11 is 0. The first kappa shape index (κ1) is 12.2. The van der Waals surface area contributed by atoms with E-state index < -0.39 is 5.97 Å². The molecule has 5 heteroatoms. The van der Waals surface area contributed by atoms with Gasteiger partial charge in [0.2, 0.25) is 0 Å². The van der Waals surface area contributed by atoms with Crippen LogP contribution in [-0.4, -0.2) is 24.8 Å². The summed E-state index contributed by atoms with van der Waals surface area (Å²) in [5.74, 6) is -0.253. The topological polar surface area (TPSA) is 57.5 Å². The van der Waals surface area contributed by atoms with Gasteiger partial charge in [-0.1, -0.05) is 18.2 Å². The SMILES string of the molecule is COC(=O)c1c(OC)c2ccccc2c(=O)n1C. The lowest BCUT2D eigenvalue weighted by Gasteiger charge is -2.13. The van der Waals surface area contributed by atoms with Crippen molar-refractivity contribution in [2.45, 2.75) is 0 Å². The number of aromatic nitrogens is 1. The molecule has 2 rings (SSSR count). The van der Waals surface area contributed by atoms with E-state index >= 15 is 0 Å². The Labute approximate surface area is 104 Å². The van der Waals surface area contributed by atoms with Crippen LogP contribution in [0, 0.1) is 0 Å². The van der Waals surface area contributed by atoms with Crippen molar-refractivity contribution in [2.75, 3.05) is 14.2 Å². The summed E-state index contributed by atoms with van der Waals surface area (Å²) in [6.07, 6.45) is 0. The van der Waals surface area contributed by atoms with Crippen molar-refractivity contribution >= 4 is 16.7 Å². The van der Waals surface area contributed by atoms with Gasteiger partial charge in [0.25, 0.3) is 5.56 Å². The highest BCUT2D eigenvalue weighted by molar-refractivity contribution is 5.99. The Kier molecular flexibility index (Phi) is 3.06. The molecular weight excluding hydrogens is 234 g/mol. The zero-order chi connectivity index (χ0) is 13.3. The number of fused-ring (bicyclic) bond motifs is 1. The first-order valence-electron chi connectivity index (χ1n) is 5.35. The van der Waals surface area contributed by atoms with Crippen molar-refractivity contribution < 1.29 is 14.3 Å². The first-order chi connectivity index (χ1) is 8.61. The maximum Gasteiger partial charge on any atom is 0.358 e. The fraction of sp³-hybridized carbons (Fsp3) is 0.231. The van der Waals surface area contributed by atoms with Crippen LogP contribution in [0.25, 0.3) is 10.8 Å². The molecule has 1 aromatic carbocycles. The van der Waals surface area contributed by atoms with E-state index in [1.165, 1.54) is 25.8 Å². The Morgan fingerprint density at radius 1 is 1.17 bits per heavy atom. The number of ether oxygens (including phenoxy) is 2. The fourth-order valence-electron chi connectivity index (χ4n) is 1.96. The van der Waals surface area contributed by atoms with Crippen LogP contribution in [-0.2, 0) is 11.8 Å². The van der Waals surface area contributed by atoms with Crippen LogP contribution in [0.3, 0.4) is 0 Å². The van der Waals surface area contributed by atoms with Gasteiger partial charge in [0.15, 0.2) is 11.4 Å². The van der Waals surface area contributed by atoms with Gasteiger partial charge in [-0.15, -0.1) is 0 Å². The minimum Gasteiger partial charge on any atom is -0.494 e. The van der Waals surface area contributed by atoms with Gasteiger partial charge in [0, 0.05) is 12.4 Å². The lowest BCUT2D eigenvalue weighted by atomic mass is 10.1. The Hall–Kier alpha value is -2.30. The van der Waals surface area contributed by atoms with Crippen molar-refractivity contribution in [3.05, 3.63) is 40.3 Å². The smallest absolute Gasteiger partial charge is 0.358 e. The van der Waals surface area contributed by atoms with Gasteiger partial charge >= 0.3 is 5.97 Å². The normalized spacial score (nSPS) is 10.4. The van der Waals surface area contributed by atoms with Gasteiger partial charge in [-0.25, -0.2) is 4.79 Å². The molecule has 0 bridgehead atoms. The van der Waals surface area contributed by atoms with Crippen LogP contribution in [0.2, 0.25) is 0 Å². The number of hydrogen-bond acceptors (Lipinski definition) is 4. The third kappa shape index (κ3) is 1.64. The summed E-state index contributed by atoms with van der Waals surface area (Å²) in [4.78, 5) is 23.9. The highest BCUT2D eigenvalue weighted by atomic mass is 16.5. The lowest BCUT2D eigenvalue weighted by Crippen LogP contribution is -2.25. The predicted molar refractivity (Wildman–Crippen MR) is 67.1 cm³/mol. The second-order valence-corrected chi connectivity index (χ2v) is 3.78. The molecule has 0 aliphatic heterocycles. The maximum absolute atomic E-state index is 12.1. The Morgan fingerprint density at radius 2 is 1.78 bits per heavy atom. The van der Waals surface area contributed by atoms with Crippen LogP contribution in [0.5, 0.6) is 5.75 Å². The number of benzene rings is 1. The molecule has 0 radical (unpaired) electrons. The molecule has 1 aromatic heterocycles. The summed E-state index contributed by atoms with van der Waals surface area (Å²) in [5.41, 5.74) is -0.143. The summed E-state index contributed by atoms with van der Waals surface area (Å²) in [6.45, 7) is 0. The third-order valence-corrected chi connectivity index (χ3v) is 2.84. The summed E-state index contributed by atoms with van der Waals surface area (Å²) < 4.78 is 11.2. The average molecular weight is 247 g/mol. The summed E-state index contributed by atoms with van der Waals surface area (Å²) in [6, 6.07) is 6.98. The standard InChI is InChI=1S/C13H13NO4/c1-14-10(13(16)18-3)11(17-2)8-6-4-5-7-9(8)12(14)15/h4-7H,1-3H3. The Bertz CT molecular complexity index is 672. The molecule has 0 saturated heterocycles. The summed E-state index contributed by atoms with van der Waals surface area (Å²) in [7, 11) is 4.24. The van der Waals surface area contributed by atoms with E-state index in [9.17, 15) is 9.59 Å². The number of esters is 1. The van der Waals surface area contributed by atoms with Gasteiger partial charge < -0.3 is 14.0 Å². The van der Waals surface area contributed by atoms with E-state index in [0.29, 0.717) is 16.5 Å². The second-order valence-electron chi connectivity index (χ2n) is 3.78. The first-order valence-corrected chi connectivity index (χ1v) is 5.35. The van der Waals surface area contributed by atoms with E-state index in [-0.39, 0.29) is 11.3 Å². The predicted octanol–water partition coefficient (Wildman–Crippen LogP) is 1.33. The molecule has 0 fully saturated rings. The van der Waals surface area contributed by atoms with Crippen LogP contribution < -0.4 is 10.3 Å². The highest BCUT2D eigenvalue weighted by Gasteiger charge is 2.21. The van der Waals surface area contributed by atoms with Gasteiger partial charge in [0.05, 0.1) is 19.6 Å². The summed E-state index contributed by atoms with van der Waals surface area (Å²) in [5, 5.41) is 1.10. The molecule has 5 nitrogen and oxygen atoms in total. The molecule has 1 heterocycles. The van der Waals surface area contributed by atoms with E-state index in [2.05, 4.69) is 4.74 Å². The van der Waals surface area contributed by atoms with E-state index in [4.69, 9.17) is 4.74 Å². The number of rotatable bonds is 2. The minimum absolute atomic E-state index is 0.115. The van der Waals surface area contributed by atoms with Crippen molar-refractivity contribution in [3.8, 4) is 5.75 Å². The van der Waals surface area contributed by atoms with Gasteiger partial charge in [-0.2, -0.15) is 0 Å². The van der Waals surface area contributed by atoms with Gasteiger partial charge in [-0.05, 0) is 6.07 Å². The zero-order valence-electron chi connectivity index (χ0n) is 10.4. The molecule has 0 atom stereocenters. The number of hydrogen-bond donors (Lipinski definition) is 0. The molecular formula is C13H13NO4. The molecule has 2 aromatic rings. The molecule has 0 amide bonds. The Balaban J connectivity index is 2.98. The number of carbonyl (C=O) groups excluding carboxylic acids is 1. The molecule has 0 N–H and O–H groups in total. The highest BCUT2D eigenvalue weighted by Crippen LogP contribution is 2.27. The number of methoxy groups -OCH3 is 2. The third-order valence-electron chi connectivity index (χ3n) is 2.84. The van der Waals surface area contributed by atoms with Crippen LogP contribution >= 0.6 is 0 Å². The number of pyridine rings is 1. The largest absolute Gasteiger partial charge is 0.494 e. The monoisotopic (exact) mass is 247 g/mol. The molecule has 94 valence electrons. The maximum atomic E-state index is 12.1. The van der Waals surface area contributed by atoms with E-state index in [1.54, 1.807) is 24.3 Å². The van der Waals surface area contributed by atoms with E-state index in [1.807, 2.05) is 0 Å². The van der Waals surface area contributed by atoms with Crippen LogP contribution in [0.4, 0.5) is 0 Å². The minimum atomic E-state index is -0.600. The van der Waals surface area contributed by atoms with Crippen molar-refractivity contribution in [1.82, 2.24) is 4.57 Å². The quantitative estimate of drug-likeness (QED) is 0.751. The van der Waals surface area contributed by atoms with Crippen LogP contribution in [0.15, 0.2) is 29.1 Å². The average Bonchev–Trinajstić information content (AvgIpc) is 2.41. The van der Waals surface area contributed by atoms with Crippen molar-refractivity contribution in [3.63, 3.8) is 0 Å². The molecule has 0 aliphatic carbocycles. The fourth-order valence-corrected chi connectivity index (χ4v) is 1.96. The molecule has 0 spiro atoms. The van der Waals surface area contributed by atoms with Crippen LogP contribution in [0.1, 0.15) is 10.5 Å². The second kappa shape index (κ2) is 4.52. The van der Waals surface area contributed by atoms with E-state index in [0.717, 1.165) is 0 Å². The number of nitrogens with zero attached hydrogens (tertiary/aromatic N) is 1. The molecule has 0 unspecified atom stereocenters. The van der Waals surface area contributed by atoms with Gasteiger partial charge in [-0.3, -0.25) is 4.79 Å². The number of carbonyl (C=O) groups is 1. The van der Waals surface area contributed by atoms with Crippen molar-refractivity contribution in [1.29, 1.82) is 0 Å². The lowest BCUT2D eigenvalue weighted by molar-refractivity contribution is 0.0584. The van der Waals surface area contributed by atoms with Crippen molar-refractivity contribution in [2.24, 2.45) is 7.05 Å². The molecule has 0 saturated carbocycles. The van der Waals surface area contributed by atoms with Gasteiger partial charge in [0.1, 0.15) is 0 Å².